The molecule has 3 rings (SSSR count). The molecule has 0 fully saturated rings. The van der Waals surface area contributed by atoms with E-state index in [1.165, 1.54) is 11.3 Å². The van der Waals surface area contributed by atoms with Gasteiger partial charge in [-0.15, -0.1) is 20.4 Å². The number of carbonyl (C=O) groups excluding carboxylic acids is 1. The van der Waals surface area contributed by atoms with Crippen LogP contribution in [0, 0.1) is 6.92 Å². The predicted octanol–water partition coefficient (Wildman–Crippen LogP) is 3.10. The maximum atomic E-state index is 11.9. The molecule has 0 aliphatic carbocycles. The van der Waals surface area contributed by atoms with Crippen molar-refractivity contribution in [3.63, 3.8) is 0 Å². The van der Waals surface area contributed by atoms with Crippen molar-refractivity contribution in [1.29, 1.82) is 0 Å². The third-order valence-corrected chi connectivity index (χ3v) is 4.98. The van der Waals surface area contributed by atoms with Gasteiger partial charge in [0, 0.05) is 0 Å². The van der Waals surface area contributed by atoms with Crippen LogP contribution in [0.2, 0.25) is 0 Å². The summed E-state index contributed by atoms with van der Waals surface area (Å²) < 4.78 is 11.0. The summed E-state index contributed by atoms with van der Waals surface area (Å²) in [5.41, 5.74) is 1.16. The minimum atomic E-state index is -0.204. The lowest BCUT2D eigenvalue weighted by atomic mass is 10.2. The van der Waals surface area contributed by atoms with Crippen LogP contribution in [-0.4, -0.2) is 32.1 Å². The van der Waals surface area contributed by atoms with Crippen molar-refractivity contribution in [2.45, 2.75) is 32.1 Å². The number of hydrogen-bond acceptors (Lipinski definition) is 9. The van der Waals surface area contributed by atoms with Gasteiger partial charge in [-0.3, -0.25) is 10.1 Å². The molecule has 0 aliphatic rings. The number of thioether (sulfide) groups is 1. The molecule has 10 heteroatoms. The normalized spacial score (nSPS) is 10.7. The minimum absolute atomic E-state index is 0.140. The molecule has 8 nitrogen and oxygen atoms in total. The van der Waals surface area contributed by atoms with Crippen LogP contribution in [0.4, 0.5) is 5.13 Å². The fourth-order valence-corrected chi connectivity index (χ4v) is 3.14. The molecule has 0 atom stereocenters. The van der Waals surface area contributed by atoms with E-state index in [2.05, 4.69) is 25.7 Å². The van der Waals surface area contributed by atoms with Crippen LogP contribution in [0.1, 0.15) is 23.4 Å². The number of aryl methyl sites for hydroxylation is 2. The van der Waals surface area contributed by atoms with Gasteiger partial charge >= 0.3 is 0 Å². The molecule has 0 spiro atoms. The standard InChI is InChI=1S/C16H17N5O3S2/c1-3-14-19-20-15(26-14)17-12(22)9-25-16-21-18-13(24-16)8-23-11-6-4-10(2)5-7-11/h4-7H,3,8-9H2,1-2H3,(H,17,20,22). The van der Waals surface area contributed by atoms with Crippen molar-refractivity contribution in [2.75, 3.05) is 11.1 Å². The number of rotatable bonds is 8. The lowest BCUT2D eigenvalue weighted by Crippen LogP contribution is -2.13. The minimum Gasteiger partial charge on any atom is -0.484 e. The summed E-state index contributed by atoms with van der Waals surface area (Å²) in [4.78, 5) is 11.9. The van der Waals surface area contributed by atoms with E-state index in [1.807, 2.05) is 38.1 Å². The molecule has 0 saturated heterocycles. The van der Waals surface area contributed by atoms with E-state index in [1.54, 1.807) is 0 Å². The summed E-state index contributed by atoms with van der Waals surface area (Å²) in [6, 6.07) is 7.68. The number of amides is 1. The Bertz CT molecular complexity index is 863. The van der Waals surface area contributed by atoms with Crippen molar-refractivity contribution in [3.05, 3.63) is 40.7 Å². The molecule has 0 aliphatic heterocycles. The molecule has 136 valence electrons. The van der Waals surface area contributed by atoms with Crippen LogP contribution in [0.3, 0.4) is 0 Å². The Morgan fingerprint density at radius 1 is 1.23 bits per heavy atom. The van der Waals surface area contributed by atoms with Crippen LogP contribution in [0.25, 0.3) is 0 Å². The summed E-state index contributed by atoms with van der Waals surface area (Å²) in [5, 5.41) is 20.0. The molecular weight excluding hydrogens is 374 g/mol. The summed E-state index contributed by atoms with van der Waals surface area (Å²) >= 11 is 2.51. The zero-order chi connectivity index (χ0) is 18.4. The van der Waals surface area contributed by atoms with Gasteiger partial charge in [0.2, 0.25) is 11.0 Å². The Balaban J connectivity index is 1.44. The van der Waals surface area contributed by atoms with Crippen LogP contribution < -0.4 is 10.1 Å². The highest BCUT2D eigenvalue weighted by molar-refractivity contribution is 7.99. The first-order valence-corrected chi connectivity index (χ1v) is 9.69. The lowest BCUT2D eigenvalue weighted by molar-refractivity contribution is -0.113. The number of hydrogen-bond donors (Lipinski definition) is 1. The van der Waals surface area contributed by atoms with Crippen molar-refractivity contribution >= 4 is 34.1 Å². The number of nitrogens with one attached hydrogen (secondary N) is 1. The first-order chi connectivity index (χ1) is 12.6. The molecule has 0 bridgehead atoms. The number of ether oxygens (including phenoxy) is 1. The highest BCUT2D eigenvalue weighted by Gasteiger charge is 2.12. The largest absolute Gasteiger partial charge is 0.484 e. The Morgan fingerprint density at radius 2 is 2.04 bits per heavy atom. The molecule has 26 heavy (non-hydrogen) atoms. The zero-order valence-corrected chi connectivity index (χ0v) is 15.9. The smallest absolute Gasteiger partial charge is 0.277 e. The SMILES string of the molecule is CCc1nnc(NC(=O)CSc2nnc(COc3ccc(C)cc3)o2)s1. The van der Waals surface area contributed by atoms with E-state index in [0.717, 1.165) is 34.5 Å². The second kappa shape index (κ2) is 8.77. The van der Waals surface area contributed by atoms with Crippen molar-refractivity contribution < 1.29 is 13.9 Å². The molecule has 3 aromatic rings. The van der Waals surface area contributed by atoms with E-state index in [0.29, 0.717) is 16.2 Å². The first-order valence-electron chi connectivity index (χ1n) is 7.89. The zero-order valence-electron chi connectivity index (χ0n) is 14.3. The van der Waals surface area contributed by atoms with Gasteiger partial charge in [0.15, 0.2) is 6.61 Å². The lowest BCUT2D eigenvalue weighted by Gasteiger charge is -2.02. The van der Waals surface area contributed by atoms with Crippen molar-refractivity contribution in [1.82, 2.24) is 20.4 Å². The summed E-state index contributed by atoms with van der Waals surface area (Å²) in [7, 11) is 0. The molecule has 2 aromatic heterocycles. The van der Waals surface area contributed by atoms with Gasteiger partial charge in [0.1, 0.15) is 10.8 Å². The van der Waals surface area contributed by atoms with Crippen LogP contribution in [-0.2, 0) is 17.8 Å². The Morgan fingerprint density at radius 3 is 2.77 bits per heavy atom. The molecule has 2 heterocycles. The van der Waals surface area contributed by atoms with Crippen molar-refractivity contribution in [2.24, 2.45) is 0 Å². The molecule has 0 radical (unpaired) electrons. The fourth-order valence-electron chi connectivity index (χ4n) is 1.86. The second-order valence-electron chi connectivity index (χ2n) is 5.25. The maximum Gasteiger partial charge on any atom is 0.277 e. The highest BCUT2D eigenvalue weighted by Crippen LogP contribution is 2.19. The first kappa shape index (κ1) is 18.3. The topological polar surface area (TPSA) is 103 Å². The summed E-state index contributed by atoms with van der Waals surface area (Å²) in [6.07, 6.45) is 0.789. The molecule has 1 aromatic carbocycles. The van der Waals surface area contributed by atoms with Gasteiger partial charge in [-0.2, -0.15) is 0 Å². The van der Waals surface area contributed by atoms with Crippen molar-refractivity contribution in [3.8, 4) is 5.75 Å². The van der Waals surface area contributed by atoms with E-state index < -0.39 is 0 Å². The third-order valence-electron chi connectivity index (χ3n) is 3.17. The highest BCUT2D eigenvalue weighted by atomic mass is 32.2. The third kappa shape index (κ3) is 5.27. The van der Waals surface area contributed by atoms with Gasteiger partial charge in [-0.1, -0.05) is 47.7 Å². The Labute approximate surface area is 158 Å². The molecule has 0 unspecified atom stereocenters. The maximum absolute atomic E-state index is 11.9. The molecule has 0 saturated carbocycles. The number of nitrogens with zero attached hydrogens (tertiary/aromatic N) is 4. The van der Waals surface area contributed by atoms with Crippen LogP contribution in [0.15, 0.2) is 33.9 Å². The second-order valence-corrected chi connectivity index (χ2v) is 7.24. The summed E-state index contributed by atoms with van der Waals surface area (Å²) in [5.74, 6) is 1.02. The van der Waals surface area contributed by atoms with E-state index >= 15 is 0 Å². The van der Waals surface area contributed by atoms with E-state index in [4.69, 9.17) is 9.15 Å². The average Bonchev–Trinajstić information content (AvgIpc) is 3.28. The van der Waals surface area contributed by atoms with Crippen LogP contribution >= 0.6 is 23.1 Å². The van der Waals surface area contributed by atoms with Gasteiger partial charge in [-0.05, 0) is 25.5 Å². The number of anilines is 1. The quantitative estimate of drug-likeness (QED) is 0.584. The molecule has 1 amide bonds. The predicted molar refractivity (Wildman–Crippen MR) is 98.4 cm³/mol. The van der Waals surface area contributed by atoms with Gasteiger partial charge in [-0.25, -0.2) is 0 Å². The molecule has 1 N–H and O–H groups in total. The number of benzene rings is 1. The van der Waals surface area contributed by atoms with E-state index in [9.17, 15) is 4.79 Å². The Kier molecular flexibility index (Phi) is 6.18. The average molecular weight is 391 g/mol. The number of carbonyl (C=O) groups is 1. The van der Waals surface area contributed by atoms with Gasteiger partial charge in [0.25, 0.3) is 11.1 Å². The monoisotopic (exact) mass is 391 g/mol. The van der Waals surface area contributed by atoms with E-state index in [-0.39, 0.29) is 18.3 Å². The Hall–Kier alpha value is -2.46. The summed E-state index contributed by atoms with van der Waals surface area (Å²) in [6.45, 7) is 4.17. The van der Waals surface area contributed by atoms with Crippen LogP contribution in [0.5, 0.6) is 5.75 Å². The number of aromatic nitrogens is 4. The fraction of sp³-hybridized carbons (Fsp3) is 0.312. The molecular formula is C16H17N5O3S2. The van der Waals surface area contributed by atoms with Gasteiger partial charge in [0.05, 0.1) is 5.75 Å². The van der Waals surface area contributed by atoms with Gasteiger partial charge < -0.3 is 9.15 Å².